The zero-order valence-corrected chi connectivity index (χ0v) is 12.0. The lowest BCUT2D eigenvalue weighted by Crippen LogP contribution is -2.33. The second kappa shape index (κ2) is 4.80. The van der Waals surface area contributed by atoms with Crippen LogP contribution >= 0.6 is 0 Å². The largest absolute Gasteiger partial charge is 0.384 e. The van der Waals surface area contributed by atoms with E-state index in [0.29, 0.717) is 11.4 Å². The molecule has 3 rings (SSSR count). The van der Waals surface area contributed by atoms with Crippen LogP contribution in [0, 0.1) is 0 Å². The highest BCUT2D eigenvalue weighted by Crippen LogP contribution is 2.34. The van der Waals surface area contributed by atoms with Crippen molar-refractivity contribution in [3.8, 4) is 0 Å². The van der Waals surface area contributed by atoms with Gasteiger partial charge in [0.15, 0.2) is 0 Å². The van der Waals surface area contributed by atoms with E-state index >= 15 is 0 Å². The van der Waals surface area contributed by atoms with E-state index in [1.807, 2.05) is 13.0 Å². The molecule has 0 bridgehead atoms. The number of fused-ring (bicyclic) bond motifs is 1. The maximum absolute atomic E-state index is 12.7. The summed E-state index contributed by atoms with van der Waals surface area (Å²) >= 11 is 0. The monoisotopic (exact) mass is 280 g/mol. The minimum atomic E-state index is -3.33. The number of nitrogens with one attached hydrogen (secondary N) is 1. The van der Waals surface area contributed by atoms with Crippen molar-refractivity contribution in [2.75, 3.05) is 18.4 Å². The van der Waals surface area contributed by atoms with Crippen LogP contribution in [0.5, 0.6) is 0 Å². The third kappa shape index (κ3) is 2.37. The van der Waals surface area contributed by atoms with Crippen molar-refractivity contribution in [3.63, 3.8) is 0 Å². The van der Waals surface area contributed by atoms with Gasteiger partial charge >= 0.3 is 0 Å². The Morgan fingerprint density at radius 1 is 1.37 bits per heavy atom. The van der Waals surface area contributed by atoms with Crippen LogP contribution in [0.1, 0.15) is 31.7 Å². The number of rotatable bonds is 5. The molecule has 1 fully saturated rings. The fraction of sp³-hybridized carbons (Fsp3) is 0.571. The Balaban J connectivity index is 1.94. The van der Waals surface area contributed by atoms with E-state index < -0.39 is 10.0 Å². The van der Waals surface area contributed by atoms with Gasteiger partial charge in [-0.25, -0.2) is 8.42 Å². The Labute approximate surface area is 114 Å². The number of sulfonamides is 1. The van der Waals surface area contributed by atoms with Gasteiger partial charge in [-0.3, -0.25) is 0 Å². The van der Waals surface area contributed by atoms with Crippen LogP contribution in [-0.4, -0.2) is 31.9 Å². The third-order valence-corrected chi connectivity index (χ3v) is 5.74. The molecule has 2 aliphatic rings. The molecule has 0 spiro atoms. The average Bonchev–Trinajstić information content (AvgIpc) is 3.11. The molecule has 104 valence electrons. The Bertz CT molecular complexity index is 579. The van der Waals surface area contributed by atoms with Gasteiger partial charge < -0.3 is 5.32 Å². The Morgan fingerprint density at radius 3 is 2.84 bits per heavy atom. The van der Waals surface area contributed by atoms with Crippen LogP contribution in [0.4, 0.5) is 5.69 Å². The SMILES string of the molecule is CCCN(C1CC1)S(=O)(=O)c1ccc2c(c1)NCC2. The third-order valence-electron chi connectivity index (χ3n) is 3.80. The van der Waals surface area contributed by atoms with Gasteiger partial charge in [0, 0.05) is 24.8 Å². The van der Waals surface area contributed by atoms with Crippen LogP contribution in [-0.2, 0) is 16.4 Å². The molecule has 0 atom stereocenters. The summed E-state index contributed by atoms with van der Waals surface area (Å²) in [6.45, 7) is 3.55. The number of hydrogen-bond donors (Lipinski definition) is 1. The smallest absolute Gasteiger partial charge is 0.243 e. The number of hydrogen-bond acceptors (Lipinski definition) is 3. The number of nitrogens with zero attached hydrogens (tertiary/aromatic N) is 1. The van der Waals surface area contributed by atoms with Crippen molar-refractivity contribution in [2.45, 2.75) is 43.5 Å². The van der Waals surface area contributed by atoms with E-state index in [1.54, 1.807) is 16.4 Å². The van der Waals surface area contributed by atoms with E-state index in [0.717, 1.165) is 37.9 Å². The molecular weight excluding hydrogens is 260 g/mol. The number of anilines is 1. The fourth-order valence-corrected chi connectivity index (χ4v) is 4.45. The summed E-state index contributed by atoms with van der Waals surface area (Å²) in [5.41, 5.74) is 2.20. The molecule has 0 radical (unpaired) electrons. The van der Waals surface area contributed by atoms with Crippen molar-refractivity contribution < 1.29 is 8.42 Å². The van der Waals surface area contributed by atoms with E-state index in [4.69, 9.17) is 0 Å². The van der Waals surface area contributed by atoms with Crippen molar-refractivity contribution in [3.05, 3.63) is 23.8 Å². The van der Waals surface area contributed by atoms with Gasteiger partial charge in [0.05, 0.1) is 4.90 Å². The lowest BCUT2D eigenvalue weighted by atomic mass is 10.2. The summed E-state index contributed by atoms with van der Waals surface area (Å²) < 4.78 is 27.1. The molecule has 1 aliphatic carbocycles. The molecule has 1 heterocycles. The van der Waals surface area contributed by atoms with Gasteiger partial charge in [-0.1, -0.05) is 13.0 Å². The van der Waals surface area contributed by atoms with Crippen LogP contribution in [0.3, 0.4) is 0 Å². The van der Waals surface area contributed by atoms with Gasteiger partial charge in [0.1, 0.15) is 0 Å². The van der Waals surface area contributed by atoms with Crippen LogP contribution in [0.15, 0.2) is 23.1 Å². The molecule has 0 unspecified atom stereocenters. The normalized spacial score (nSPS) is 18.4. The van der Waals surface area contributed by atoms with Crippen molar-refractivity contribution in [1.29, 1.82) is 0 Å². The molecule has 1 N–H and O–H groups in total. The van der Waals surface area contributed by atoms with Crippen LogP contribution < -0.4 is 5.32 Å². The highest BCUT2D eigenvalue weighted by molar-refractivity contribution is 7.89. The highest BCUT2D eigenvalue weighted by Gasteiger charge is 2.37. The maximum Gasteiger partial charge on any atom is 0.243 e. The zero-order valence-electron chi connectivity index (χ0n) is 11.2. The van der Waals surface area contributed by atoms with Gasteiger partial charge in [-0.15, -0.1) is 0 Å². The highest BCUT2D eigenvalue weighted by atomic mass is 32.2. The molecule has 19 heavy (non-hydrogen) atoms. The summed E-state index contributed by atoms with van der Waals surface area (Å²) in [5, 5.41) is 3.25. The molecular formula is C14H20N2O2S. The van der Waals surface area contributed by atoms with Gasteiger partial charge in [0.25, 0.3) is 0 Å². The minimum Gasteiger partial charge on any atom is -0.384 e. The molecule has 0 amide bonds. The summed E-state index contributed by atoms with van der Waals surface area (Å²) in [7, 11) is -3.33. The second-order valence-corrected chi connectivity index (χ2v) is 7.23. The summed E-state index contributed by atoms with van der Waals surface area (Å²) in [6.07, 6.45) is 3.85. The van der Waals surface area contributed by atoms with Gasteiger partial charge in [0.2, 0.25) is 10.0 Å². The van der Waals surface area contributed by atoms with Gasteiger partial charge in [-0.05, 0) is 43.4 Å². The maximum atomic E-state index is 12.7. The van der Waals surface area contributed by atoms with Crippen LogP contribution in [0.25, 0.3) is 0 Å². The summed E-state index contributed by atoms with van der Waals surface area (Å²) in [6, 6.07) is 5.72. The summed E-state index contributed by atoms with van der Waals surface area (Å²) in [4.78, 5) is 0.431. The molecule has 1 aromatic carbocycles. The quantitative estimate of drug-likeness (QED) is 0.899. The summed E-state index contributed by atoms with van der Waals surface area (Å²) in [5.74, 6) is 0. The average molecular weight is 280 g/mol. The molecule has 5 heteroatoms. The van der Waals surface area contributed by atoms with Crippen molar-refractivity contribution >= 4 is 15.7 Å². The minimum absolute atomic E-state index is 0.228. The fourth-order valence-electron chi connectivity index (χ4n) is 2.65. The zero-order chi connectivity index (χ0) is 13.5. The first kappa shape index (κ1) is 12.9. The van der Waals surface area contributed by atoms with E-state index in [1.165, 1.54) is 5.56 Å². The molecule has 0 aromatic heterocycles. The standard InChI is InChI=1S/C14H20N2O2S/c1-2-9-16(12-4-5-12)19(17,18)13-6-3-11-7-8-15-14(11)10-13/h3,6,10,12,15H,2,4-5,7-9H2,1H3. The second-order valence-electron chi connectivity index (χ2n) is 5.34. The molecule has 4 nitrogen and oxygen atoms in total. The van der Waals surface area contributed by atoms with Crippen LogP contribution in [0.2, 0.25) is 0 Å². The Kier molecular flexibility index (Phi) is 3.27. The molecule has 1 saturated carbocycles. The van der Waals surface area contributed by atoms with E-state index in [-0.39, 0.29) is 6.04 Å². The van der Waals surface area contributed by atoms with Crippen molar-refractivity contribution in [1.82, 2.24) is 4.31 Å². The first-order valence-corrected chi connectivity index (χ1v) is 8.45. The topological polar surface area (TPSA) is 49.4 Å². The lowest BCUT2D eigenvalue weighted by Gasteiger charge is -2.21. The Morgan fingerprint density at radius 2 is 2.16 bits per heavy atom. The predicted molar refractivity (Wildman–Crippen MR) is 75.8 cm³/mol. The molecule has 0 saturated heterocycles. The predicted octanol–water partition coefficient (Wildman–Crippen LogP) is 2.22. The molecule has 1 aromatic rings. The van der Waals surface area contributed by atoms with E-state index in [2.05, 4.69) is 5.32 Å². The lowest BCUT2D eigenvalue weighted by molar-refractivity contribution is 0.403. The molecule has 1 aliphatic heterocycles. The Hall–Kier alpha value is -1.07. The number of benzene rings is 1. The van der Waals surface area contributed by atoms with Crippen molar-refractivity contribution in [2.24, 2.45) is 0 Å². The van der Waals surface area contributed by atoms with E-state index in [9.17, 15) is 8.42 Å². The first-order valence-electron chi connectivity index (χ1n) is 7.01. The first-order chi connectivity index (χ1) is 9.13. The van der Waals surface area contributed by atoms with Gasteiger partial charge in [-0.2, -0.15) is 4.31 Å².